The van der Waals surface area contributed by atoms with Crippen molar-refractivity contribution in [3.8, 4) is 0 Å². The SMILES string of the molecule is Cc1cccc(C)c1N1CC=C[C@]23O[C@@H]4/C=C\CCCOC(=O)[C@@H]4[C@H]2C(=O)N([C@@H](CO)CC(C)C)C3C1=O. The first kappa shape index (κ1) is 26.6. The Balaban J connectivity index is 1.67. The maximum absolute atomic E-state index is 14.6. The van der Waals surface area contributed by atoms with Gasteiger partial charge in [-0.2, -0.15) is 0 Å². The molecular weight excluding hydrogens is 484 g/mol. The lowest BCUT2D eigenvalue weighted by atomic mass is 9.78. The Labute approximate surface area is 224 Å². The van der Waals surface area contributed by atoms with E-state index < -0.39 is 41.6 Å². The minimum atomic E-state index is -1.35. The lowest BCUT2D eigenvalue weighted by Gasteiger charge is -2.39. The second-order valence-electron chi connectivity index (χ2n) is 11.4. The molecule has 0 saturated carbocycles. The molecule has 2 fully saturated rings. The average Bonchev–Trinajstić information content (AvgIpc) is 3.28. The fourth-order valence-electron chi connectivity index (χ4n) is 6.84. The van der Waals surface area contributed by atoms with Crippen LogP contribution < -0.4 is 4.90 Å². The number of aliphatic hydroxyl groups is 1. The molecule has 1 N–H and O–H groups in total. The molecule has 4 heterocycles. The van der Waals surface area contributed by atoms with Crippen molar-refractivity contribution < 1.29 is 29.0 Å². The van der Waals surface area contributed by atoms with E-state index in [-0.39, 0.29) is 30.9 Å². The van der Waals surface area contributed by atoms with Gasteiger partial charge in [0.2, 0.25) is 5.91 Å². The summed E-state index contributed by atoms with van der Waals surface area (Å²) in [4.78, 5) is 45.6. The number of anilines is 1. The van der Waals surface area contributed by atoms with E-state index >= 15 is 0 Å². The predicted octanol–water partition coefficient (Wildman–Crippen LogP) is 3.09. The summed E-state index contributed by atoms with van der Waals surface area (Å²) >= 11 is 0. The molecule has 8 heteroatoms. The zero-order valence-electron chi connectivity index (χ0n) is 22.6. The normalized spacial score (nSPS) is 32.6. The third-order valence-electron chi connectivity index (χ3n) is 8.35. The largest absolute Gasteiger partial charge is 0.465 e. The van der Waals surface area contributed by atoms with E-state index in [9.17, 15) is 19.5 Å². The lowest BCUT2D eigenvalue weighted by molar-refractivity contribution is -0.155. The number of ether oxygens (including phenoxy) is 2. The maximum Gasteiger partial charge on any atom is 0.312 e. The summed E-state index contributed by atoms with van der Waals surface area (Å²) in [6.07, 6.45) is 8.79. The van der Waals surface area contributed by atoms with Crippen molar-refractivity contribution in [2.24, 2.45) is 17.8 Å². The summed E-state index contributed by atoms with van der Waals surface area (Å²) in [6, 6.07) is 4.28. The van der Waals surface area contributed by atoms with Crippen LogP contribution in [0.1, 0.15) is 44.2 Å². The number of fused-ring (bicyclic) bond motifs is 2. The molecule has 1 spiro atoms. The van der Waals surface area contributed by atoms with Gasteiger partial charge in [-0.3, -0.25) is 14.4 Å². The highest BCUT2D eigenvalue weighted by atomic mass is 16.6. The monoisotopic (exact) mass is 522 g/mol. The van der Waals surface area contributed by atoms with E-state index in [2.05, 4.69) is 0 Å². The van der Waals surface area contributed by atoms with E-state index in [4.69, 9.17) is 9.47 Å². The molecule has 204 valence electrons. The van der Waals surface area contributed by atoms with Gasteiger partial charge in [0, 0.05) is 12.2 Å². The second kappa shape index (κ2) is 10.3. The molecule has 0 aliphatic carbocycles. The third kappa shape index (κ3) is 4.18. The summed E-state index contributed by atoms with van der Waals surface area (Å²) in [5.41, 5.74) is 1.36. The number of esters is 1. The number of carbonyl (C=O) groups excluding carboxylic acids is 3. The van der Waals surface area contributed by atoms with E-state index in [1.54, 1.807) is 4.90 Å². The average molecular weight is 523 g/mol. The van der Waals surface area contributed by atoms with Crippen molar-refractivity contribution >= 4 is 23.5 Å². The lowest BCUT2D eigenvalue weighted by Crippen LogP contribution is -2.58. The Morgan fingerprint density at radius 3 is 2.53 bits per heavy atom. The second-order valence-corrected chi connectivity index (χ2v) is 11.4. The van der Waals surface area contributed by atoms with Gasteiger partial charge in [-0.25, -0.2) is 0 Å². The number of cyclic esters (lactones) is 1. The predicted molar refractivity (Wildman–Crippen MR) is 142 cm³/mol. The number of hydrogen-bond donors (Lipinski definition) is 1. The summed E-state index contributed by atoms with van der Waals surface area (Å²) in [5, 5.41) is 10.5. The van der Waals surface area contributed by atoms with Gasteiger partial charge in [-0.05, 0) is 50.2 Å². The molecule has 8 nitrogen and oxygen atoms in total. The number of allylic oxidation sites excluding steroid dienone is 1. The van der Waals surface area contributed by atoms with Crippen LogP contribution in [0.15, 0.2) is 42.5 Å². The van der Waals surface area contributed by atoms with Gasteiger partial charge in [0.1, 0.15) is 17.6 Å². The van der Waals surface area contributed by atoms with Crippen LogP contribution in [0, 0.1) is 31.6 Å². The number of likely N-dealkylation sites (tertiary alicyclic amines) is 1. The molecule has 6 atom stereocenters. The van der Waals surface area contributed by atoms with Crippen molar-refractivity contribution in [3.05, 3.63) is 53.6 Å². The van der Waals surface area contributed by atoms with Crippen LogP contribution in [-0.4, -0.2) is 71.3 Å². The molecule has 4 aliphatic heterocycles. The quantitative estimate of drug-likeness (QED) is 0.472. The van der Waals surface area contributed by atoms with Crippen molar-refractivity contribution in [2.45, 2.75) is 70.7 Å². The Kier molecular flexibility index (Phi) is 7.22. The molecule has 0 aromatic heterocycles. The molecule has 0 radical (unpaired) electrons. The van der Waals surface area contributed by atoms with Gasteiger partial charge >= 0.3 is 5.97 Å². The number of carbonyl (C=O) groups is 3. The number of benzene rings is 1. The topological polar surface area (TPSA) is 96.4 Å². The molecule has 5 rings (SSSR count). The van der Waals surface area contributed by atoms with Crippen molar-refractivity contribution in [2.75, 3.05) is 24.7 Å². The van der Waals surface area contributed by atoms with Crippen LogP contribution in [0.3, 0.4) is 0 Å². The number of amides is 2. The van der Waals surface area contributed by atoms with Crippen molar-refractivity contribution in [1.82, 2.24) is 4.90 Å². The fourth-order valence-corrected chi connectivity index (χ4v) is 6.84. The highest BCUT2D eigenvalue weighted by Crippen LogP contribution is 2.54. The zero-order valence-corrected chi connectivity index (χ0v) is 22.6. The molecule has 38 heavy (non-hydrogen) atoms. The number of para-hydroxylation sites is 1. The van der Waals surface area contributed by atoms with Gasteiger partial charge in [0.25, 0.3) is 5.91 Å². The van der Waals surface area contributed by atoms with Gasteiger partial charge < -0.3 is 24.4 Å². The number of aliphatic hydroxyl groups excluding tert-OH is 1. The summed E-state index contributed by atoms with van der Waals surface area (Å²) in [5.74, 6) is -2.70. The Bertz CT molecular complexity index is 1160. The van der Waals surface area contributed by atoms with Crippen LogP contribution >= 0.6 is 0 Å². The molecular formula is C30H38N2O6. The third-order valence-corrected chi connectivity index (χ3v) is 8.35. The number of rotatable bonds is 5. The smallest absolute Gasteiger partial charge is 0.312 e. The first-order valence-electron chi connectivity index (χ1n) is 13.7. The summed E-state index contributed by atoms with van der Waals surface area (Å²) in [6.45, 7) is 8.26. The molecule has 1 aromatic carbocycles. The van der Waals surface area contributed by atoms with E-state index in [1.165, 1.54) is 4.90 Å². The highest BCUT2D eigenvalue weighted by molar-refractivity contribution is 6.06. The Morgan fingerprint density at radius 2 is 1.84 bits per heavy atom. The Morgan fingerprint density at radius 1 is 1.11 bits per heavy atom. The van der Waals surface area contributed by atoms with E-state index in [1.807, 2.05) is 70.2 Å². The molecule has 4 aliphatic rings. The first-order valence-corrected chi connectivity index (χ1v) is 13.7. The van der Waals surface area contributed by atoms with Gasteiger partial charge in [-0.15, -0.1) is 0 Å². The van der Waals surface area contributed by atoms with Gasteiger partial charge in [0.05, 0.1) is 31.3 Å². The highest BCUT2D eigenvalue weighted by Gasteiger charge is 2.72. The van der Waals surface area contributed by atoms with Crippen molar-refractivity contribution in [1.29, 1.82) is 0 Å². The first-order chi connectivity index (χ1) is 18.2. The van der Waals surface area contributed by atoms with Crippen molar-refractivity contribution in [3.63, 3.8) is 0 Å². The van der Waals surface area contributed by atoms with Gasteiger partial charge in [0.15, 0.2) is 0 Å². The zero-order chi connectivity index (χ0) is 27.2. The molecule has 1 unspecified atom stereocenters. The summed E-state index contributed by atoms with van der Waals surface area (Å²) < 4.78 is 12.2. The fraction of sp³-hybridized carbons (Fsp3) is 0.567. The van der Waals surface area contributed by atoms with Crippen LogP contribution in [0.2, 0.25) is 0 Å². The number of nitrogens with zero attached hydrogens (tertiary/aromatic N) is 2. The Hall–Kier alpha value is -2.97. The molecule has 1 aromatic rings. The van der Waals surface area contributed by atoms with Gasteiger partial charge in [-0.1, -0.05) is 56.4 Å². The maximum atomic E-state index is 14.6. The van der Waals surface area contributed by atoms with Crippen LogP contribution in [0.25, 0.3) is 0 Å². The minimum absolute atomic E-state index is 0.175. The van der Waals surface area contributed by atoms with Crippen LogP contribution in [-0.2, 0) is 23.9 Å². The number of aryl methyl sites for hydroxylation is 2. The van der Waals surface area contributed by atoms with Crippen LogP contribution in [0.5, 0.6) is 0 Å². The molecule has 2 amide bonds. The standard InChI is InChI=1S/C30H38N2O6/c1-18(2)16-21(17-33)32-26-28(35)31(25-19(3)10-8-11-20(25)4)14-9-13-30(26)24(27(32)34)23-22(38-30)12-6-5-7-15-37-29(23)36/h6,8-13,18,21-24,26,33H,5,7,14-17H2,1-4H3/b12-6-/t21-,22-,23+,24+,26?,30+/m1/s1. The van der Waals surface area contributed by atoms with E-state index in [0.717, 1.165) is 23.2 Å². The van der Waals surface area contributed by atoms with Crippen LogP contribution in [0.4, 0.5) is 5.69 Å². The molecule has 0 bridgehead atoms. The molecule has 2 saturated heterocycles. The van der Waals surface area contributed by atoms with E-state index in [0.29, 0.717) is 19.4 Å². The minimum Gasteiger partial charge on any atom is -0.465 e. The number of hydrogen-bond acceptors (Lipinski definition) is 6. The summed E-state index contributed by atoms with van der Waals surface area (Å²) in [7, 11) is 0.